The molecule has 0 bridgehead atoms. The summed E-state index contributed by atoms with van der Waals surface area (Å²) >= 11 is 1.48. The standard InChI is InChI=1S/C16H13NO3S2/c1-22(19,20)14-7-5-11(6-8-14)15-10-21-16(17-15)12-3-2-4-13(18)9-12/h2-10,18H,1H3. The number of nitrogens with zero attached hydrogens (tertiary/aromatic N) is 1. The van der Waals surface area contributed by atoms with E-state index in [9.17, 15) is 13.5 Å². The molecular weight excluding hydrogens is 318 g/mol. The summed E-state index contributed by atoms with van der Waals surface area (Å²) in [6.07, 6.45) is 1.19. The molecule has 0 spiro atoms. The van der Waals surface area contributed by atoms with Gasteiger partial charge in [-0.2, -0.15) is 0 Å². The Hall–Kier alpha value is -2.18. The number of phenolic OH excluding ortho intramolecular Hbond substituents is 1. The Morgan fingerprint density at radius 2 is 1.77 bits per heavy atom. The first-order valence-electron chi connectivity index (χ1n) is 6.49. The van der Waals surface area contributed by atoms with Crippen LogP contribution in [0.1, 0.15) is 0 Å². The first-order chi connectivity index (χ1) is 10.4. The lowest BCUT2D eigenvalue weighted by Gasteiger charge is -2.00. The first kappa shape index (κ1) is 14.7. The monoisotopic (exact) mass is 331 g/mol. The van der Waals surface area contributed by atoms with Crippen molar-refractivity contribution in [2.75, 3.05) is 6.26 Å². The number of thiazole rings is 1. The van der Waals surface area contributed by atoms with Crippen molar-refractivity contribution in [1.82, 2.24) is 4.98 Å². The number of aromatic hydroxyl groups is 1. The predicted octanol–water partition coefficient (Wildman–Crippen LogP) is 3.59. The minimum absolute atomic E-state index is 0.201. The summed E-state index contributed by atoms with van der Waals surface area (Å²) in [5.41, 5.74) is 2.49. The minimum atomic E-state index is -3.19. The summed E-state index contributed by atoms with van der Waals surface area (Å²) in [5, 5.41) is 12.2. The summed E-state index contributed by atoms with van der Waals surface area (Å²) < 4.78 is 22.9. The summed E-state index contributed by atoms with van der Waals surface area (Å²) in [7, 11) is -3.19. The second-order valence-corrected chi connectivity index (χ2v) is 7.76. The number of hydrogen-bond donors (Lipinski definition) is 1. The van der Waals surface area contributed by atoms with Crippen LogP contribution in [0.25, 0.3) is 21.8 Å². The topological polar surface area (TPSA) is 67.3 Å². The van der Waals surface area contributed by atoms with Gasteiger partial charge in [0.25, 0.3) is 0 Å². The second kappa shape index (κ2) is 5.55. The Balaban J connectivity index is 1.94. The van der Waals surface area contributed by atoms with E-state index in [0.29, 0.717) is 4.90 Å². The maximum atomic E-state index is 11.5. The van der Waals surface area contributed by atoms with Gasteiger partial charge in [0.15, 0.2) is 9.84 Å². The van der Waals surface area contributed by atoms with Crippen LogP contribution in [0.3, 0.4) is 0 Å². The Kier molecular flexibility index (Phi) is 3.72. The summed E-state index contributed by atoms with van der Waals surface area (Å²) in [4.78, 5) is 4.83. The SMILES string of the molecule is CS(=O)(=O)c1ccc(-c2csc(-c3cccc(O)c3)n2)cc1. The third-order valence-electron chi connectivity index (χ3n) is 3.18. The number of sulfone groups is 1. The van der Waals surface area contributed by atoms with E-state index in [0.717, 1.165) is 21.8 Å². The molecule has 112 valence electrons. The van der Waals surface area contributed by atoms with Crippen molar-refractivity contribution in [2.24, 2.45) is 0 Å². The van der Waals surface area contributed by atoms with Gasteiger partial charge in [0, 0.05) is 22.8 Å². The van der Waals surface area contributed by atoms with Gasteiger partial charge in [0.2, 0.25) is 0 Å². The van der Waals surface area contributed by atoms with Gasteiger partial charge < -0.3 is 5.11 Å². The fourth-order valence-electron chi connectivity index (χ4n) is 2.05. The lowest BCUT2D eigenvalue weighted by atomic mass is 10.2. The highest BCUT2D eigenvalue weighted by atomic mass is 32.2. The third kappa shape index (κ3) is 3.03. The van der Waals surface area contributed by atoms with Crippen molar-refractivity contribution in [2.45, 2.75) is 4.90 Å². The fraction of sp³-hybridized carbons (Fsp3) is 0.0625. The van der Waals surface area contributed by atoms with Crippen molar-refractivity contribution in [1.29, 1.82) is 0 Å². The Bertz CT molecular complexity index is 913. The van der Waals surface area contributed by atoms with Crippen LogP contribution in [-0.2, 0) is 9.84 Å². The minimum Gasteiger partial charge on any atom is -0.508 e. The van der Waals surface area contributed by atoms with E-state index in [4.69, 9.17) is 0 Å². The molecule has 1 aromatic heterocycles. The van der Waals surface area contributed by atoms with Crippen molar-refractivity contribution < 1.29 is 13.5 Å². The molecule has 1 N–H and O–H groups in total. The number of aromatic nitrogens is 1. The molecule has 4 nitrogen and oxygen atoms in total. The lowest BCUT2D eigenvalue weighted by molar-refractivity contribution is 0.475. The van der Waals surface area contributed by atoms with Crippen LogP contribution in [0.2, 0.25) is 0 Å². The van der Waals surface area contributed by atoms with Crippen molar-refractivity contribution >= 4 is 21.2 Å². The van der Waals surface area contributed by atoms with E-state index >= 15 is 0 Å². The van der Waals surface area contributed by atoms with Gasteiger partial charge >= 0.3 is 0 Å². The highest BCUT2D eigenvalue weighted by Gasteiger charge is 2.10. The van der Waals surface area contributed by atoms with E-state index in [1.165, 1.54) is 17.6 Å². The molecule has 0 unspecified atom stereocenters. The van der Waals surface area contributed by atoms with Crippen molar-refractivity contribution in [3.8, 4) is 27.6 Å². The average molecular weight is 331 g/mol. The van der Waals surface area contributed by atoms with E-state index in [1.54, 1.807) is 42.5 Å². The number of phenols is 1. The molecule has 1 heterocycles. The smallest absolute Gasteiger partial charge is 0.175 e. The quantitative estimate of drug-likeness (QED) is 0.796. The zero-order valence-electron chi connectivity index (χ0n) is 11.7. The summed E-state index contributed by atoms with van der Waals surface area (Å²) in [5.74, 6) is 0.201. The summed E-state index contributed by atoms with van der Waals surface area (Å²) in [6, 6.07) is 13.6. The zero-order valence-corrected chi connectivity index (χ0v) is 13.4. The van der Waals surface area contributed by atoms with Gasteiger partial charge in [0.05, 0.1) is 10.6 Å². The second-order valence-electron chi connectivity index (χ2n) is 4.88. The molecular formula is C16H13NO3S2. The average Bonchev–Trinajstić information content (AvgIpc) is 2.96. The number of benzene rings is 2. The maximum absolute atomic E-state index is 11.5. The van der Waals surface area contributed by atoms with Crippen LogP contribution in [0.5, 0.6) is 5.75 Å². The largest absolute Gasteiger partial charge is 0.508 e. The van der Waals surface area contributed by atoms with Gasteiger partial charge in [-0.15, -0.1) is 11.3 Å². The van der Waals surface area contributed by atoms with E-state index in [1.807, 2.05) is 11.4 Å². The van der Waals surface area contributed by atoms with Gasteiger partial charge in [-0.3, -0.25) is 0 Å². The predicted molar refractivity (Wildman–Crippen MR) is 87.8 cm³/mol. The molecule has 3 rings (SSSR count). The fourth-order valence-corrected chi connectivity index (χ4v) is 3.51. The molecule has 0 aliphatic heterocycles. The Labute approximate surface area is 132 Å². The first-order valence-corrected chi connectivity index (χ1v) is 9.26. The molecule has 0 amide bonds. The number of rotatable bonds is 3. The van der Waals surface area contributed by atoms with Crippen LogP contribution in [0.15, 0.2) is 58.8 Å². The highest BCUT2D eigenvalue weighted by Crippen LogP contribution is 2.30. The Morgan fingerprint density at radius 1 is 1.05 bits per heavy atom. The van der Waals surface area contributed by atoms with E-state index in [-0.39, 0.29) is 5.75 Å². The normalized spacial score (nSPS) is 11.5. The molecule has 2 aromatic carbocycles. The molecule has 0 atom stereocenters. The summed E-state index contributed by atoms with van der Waals surface area (Å²) in [6.45, 7) is 0. The van der Waals surface area contributed by atoms with Gasteiger partial charge in [-0.1, -0.05) is 24.3 Å². The van der Waals surface area contributed by atoms with Gasteiger partial charge in [-0.25, -0.2) is 13.4 Å². The van der Waals surface area contributed by atoms with Crippen LogP contribution in [0.4, 0.5) is 0 Å². The van der Waals surface area contributed by atoms with Crippen molar-refractivity contribution in [3.05, 3.63) is 53.9 Å². The molecule has 0 saturated heterocycles. The van der Waals surface area contributed by atoms with E-state index < -0.39 is 9.84 Å². The molecule has 0 saturated carbocycles. The zero-order chi connectivity index (χ0) is 15.7. The van der Waals surface area contributed by atoms with Crippen molar-refractivity contribution in [3.63, 3.8) is 0 Å². The number of hydrogen-bond acceptors (Lipinski definition) is 5. The highest BCUT2D eigenvalue weighted by molar-refractivity contribution is 7.90. The van der Waals surface area contributed by atoms with Crippen LogP contribution < -0.4 is 0 Å². The van der Waals surface area contributed by atoms with Crippen LogP contribution >= 0.6 is 11.3 Å². The van der Waals surface area contributed by atoms with Crippen LogP contribution in [-0.4, -0.2) is 24.8 Å². The molecule has 3 aromatic rings. The Morgan fingerprint density at radius 3 is 2.41 bits per heavy atom. The third-order valence-corrected chi connectivity index (χ3v) is 5.20. The van der Waals surface area contributed by atoms with Crippen LogP contribution in [0, 0.1) is 0 Å². The molecule has 0 fully saturated rings. The molecule has 0 aliphatic carbocycles. The van der Waals surface area contributed by atoms with E-state index in [2.05, 4.69) is 4.98 Å². The molecule has 0 aliphatic rings. The van der Waals surface area contributed by atoms with Gasteiger partial charge in [0.1, 0.15) is 10.8 Å². The molecule has 6 heteroatoms. The maximum Gasteiger partial charge on any atom is 0.175 e. The van der Waals surface area contributed by atoms with Gasteiger partial charge in [-0.05, 0) is 24.3 Å². The molecule has 0 radical (unpaired) electrons. The molecule has 22 heavy (non-hydrogen) atoms. The lowest BCUT2D eigenvalue weighted by Crippen LogP contribution is -1.96.